The summed E-state index contributed by atoms with van der Waals surface area (Å²) in [6, 6.07) is 9.58. The number of carbonyl (C=O) groups is 1. The normalized spacial score (nSPS) is 13.7. The van der Waals surface area contributed by atoms with Crippen LogP contribution in [0.1, 0.15) is 31.7 Å². The molecule has 5 N–H and O–H groups in total. The summed E-state index contributed by atoms with van der Waals surface area (Å²) in [6.07, 6.45) is 2.59. The average molecular weight is 293 g/mol. The van der Waals surface area contributed by atoms with Crippen molar-refractivity contribution in [3.05, 3.63) is 35.9 Å². The zero-order chi connectivity index (χ0) is 15.6. The summed E-state index contributed by atoms with van der Waals surface area (Å²) in [6.45, 7) is 4.27. The Morgan fingerprint density at radius 1 is 1.24 bits per heavy atom. The first-order valence-electron chi connectivity index (χ1n) is 7.47. The number of benzene rings is 1. The Morgan fingerprint density at radius 3 is 2.62 bits per heavy atom. The van der Waals surface area contributed by atoms with E-state index in [2.05, 4.69) is 5.32 Å². The predicted octanol–water partition coefficient (Wildman–Crippen LogP) is 1.17. The van der Waals surface area contributed by atoms with Gasteiger partial charge < -0.3 is 21.5 Å². The first-order valence-corrected chi connectivity index (χ1v) is 7.47. The van der Waals surface area contributed by atoms with Crippen molar-refractivity contribution in [2.75, 3.05) is 19.6 Å². The van der Waals surface area contributed by atoms with Crippen LogP contribution in [0.25, 0.3) is 0 Å². The van der Waals surface area contributed by atoms with Crippen molar-refractivity contribution in [1.82, 2.24) is 5.32 Å². The summed E-state index contributed by atoms with van der Waals surface area (Å²) in [5, 5.41) is 3.26. The molecule has 0 aliphatic heterocycles. The highest BCUT2D eigenvalue weighted by Gasteiger charge is 2.29. The molecule has 0 fully saturated rings. The smallest absolute Gasteiger partial charge is 0.326 e. The largest absolute Gasteiger partial charge is 0.459 e. The number of nitrogens with one attached hydrogen (secondary N) is 1. The zero-order valence-electron chi connectivity index (χ0n) is 12.8. The Hall–Kier alpha value is -1.43. The molecule has 5 heteroatoms. The predicted molar refractivity (Wildman–Crippen MR) is 84.6 cm³/mol. The van der Waals surface area contributed by atoms with Gasteiger partial charge >= 0.3 is 5.97 Å². The molecule has 5 nitrogen and oxygen atoms in total. The van der Waals surface area contributed by atoms with Gasteiger partial charge in [0.15, 0.2) is 0 Å². The minimum Gasteiger partial charge on any atom is -0.459 e. The van der Waals surface area contributed by atoms with Crippen molar-refractivity contribution in [3.8, 4) is 0 Å². The summed E-state index contributed by atoms with van der Waals surface area (Å²) in [5.41, 5.74) is 11.5. The summed E-state index contributed by atoms with van der Waals surface area (Å²) < 4.78 is 5.28. The van der Waals surface area contributed by atoms with Crippen molar-refractivity contribution in [1.29, 1.82) is 0 Å². The lowest BCUT2D eigenvalue weighted by Crippen LogP contribution is -2.48. The fourth-order valence-corrected chi connectivity index (χ4v) is 1.86. The Kier molecular flexibility index (Phi) is 7.97. The molecule has 0 aliphatic rings. The van der Waals surface area contributed by atoms with Crippen molar-refractivity contribution in [3.63, 3.8) is 0 Å². The maximum absolute atomic E-state index is 12.0. The van der Waals surface area contributed by atoms with Crippen LogP contribution in [0.15, 0.2) is 30.3 Å². The second-order valence-electron chi connectivity index (χ2n) is 5.47. The number of unbranched alkanes of at least 4 members (excludes halogenated alkanes) is 1. The molecule has 1 atom stereocenters. The number of hydrogen-bond donors (Lipinski definition) is 3. The lowest BCUT2D eigenvalue weighted by Gasteiger charge is -2.22. The molecule has 0 bridgehead atoms. The van der Waals surface area contributed by atoms with Gasteiger partial charge in [0, 0.05) is 0 Å². The number of rotatable bonds is 10. The molecule has 0 spiro atoms. The van der Waals surface area contributed by atoms with E-state index in [4.69, 9.17) is 16.2 Å². The minimum atomic E-state index is -0.963. The highest BCUT2D eigenvalue weighted by Crippen LogP contribution is 2.10. The SMILES string of the molecule is CC(N)(CCNCCCCN)C(=O)OCc1ccccc1. The van der Waals surface area contributed by atoms with E-state index in [1.165, 1.54) is 0 Å². The average Bonchev–Trinajstić information content (AvgIpc) is 2.49. The summed E-state index contributed by atoms with van der Waals surface area (Å²) in [4.78, 5) is 12.0. The highest BCUT2D eigenvalue weighted by molar-refractivity contribution is 5.80. The van der Waals surface area contributed by atoms with Crippen LogP contribution in [0.4, 0.5) is 0 Å². The van der Waals surface area contributed by atoms with Crippen molar-refractivity contribution in [2.24, 2.45) is 11.5 Å². The number of nitrogens with two attached hydrogens (primary N) is 2. The van der Waals surface area contributed by atoms with Gasteiger partial charge in [-0.1, -0.05) is 30.3 Å². The van der Waals surface area contributed by atoms with Crippen LogP contribution in [0.3, 0.4) is 0 Å². The first-order chi connectivity index (χ1) is 10.1. The van der Waals surface area contributed by atoms with Crippen LogP contribution in [-0.4, -0.2) is 31.1 Å². The van der Waals surface area contributed by atoms with Gasteiger partial charge in [-0.25, -0.2) is 0 Å². The molecule has 21 heavy (non-hydrogen) atoms. The van der Waals surface area contributed by atoms with Gasteiger partial charge in [-0.15, -0.1) is 0 Å². The van der Waals surface area contributed by atoms with Crippen LogP contribution in [0, 0.1) is 0 Å². The molecule has 0 heterocycles. The molecule has 0 saturated carbocycles. The fourth-order valence-electron chi connectivity index (χ4n) is 1.86. The lowest BCUT2D eigenvalue weighted by atomic mass is 9.99. The van der Waals surface area contributed by atoms with Gasteiger partial charge in [0.2, 0.25) is 0 Å². The van der Waals surface area contributed by atoms with E-state index in [0.717, 1.165) is 24.9 Å². The molecule has 0 amide bonds. The fraction of sp³-hybridized carbons (Fsp3) is 0.562. The van der Waals surface area contributed by atoms with Crippen LogP contribution in [0.5, 0.6) is 0 Å². The maximum atomic E-state index is 12.0. The van der Waals surface area contributed by atoms with E-state index in [0.29, 0.717) is 19.5 Å². The molecular weight excluding hydrogens is 266 g/mol. The molecule has 0 aliphatic carbocycles. The topological polar surface area (TPSA) is 90.4 Å². The van der Waals surface area contributed by atoms with Crippen LogP contribution < -0.4 is 16.8 Å². The second-order valence-corrected chi connectivity index (χ2v) is 5.47. The molecule has 0 aromatic heterocycles. The first kappa shape index (κ1) is 17.6. The molecule has 1 aromatic rings. The van der Waals surface area contributed by atoms with E-state index in [9.17, 15) is 4.79 Å². The third-order valence-electron chi connectivity index (χ3n) is 3.31. The molecular formula is C16H27N3O2. The summed E-state index contributed by atoms with van der Waals surface area (Å²) in [7, 11) is 0. The van der Waals surface area contributed by atoms with Crippen molar-refractivity contribution in [2.45, 2.75) is 38.3 Å². The highest BCUT2D eigenvalue weighted by atomic mass is 16.5. The van der Waals surface area contributed by atoms with Gasteiger partial charge in [-0.05, 0) is 51.4 Å². The van der Waals surface area contributed by atoms with Gasteiger partial charge in [-0.3, -0.25) is 4.79 Å². The number of ether oxygens (including phenoxy) is 1. The minimum absolute atomic E-state index is 0.260. The second kappa shape index (κ2) is 9.50. The molecule has 0 radical (unpaired) electrons. The van der Waals surface area contributed by atoms with Crippen molar-refractivity contribution >= 4 is 5.97 Å². The maximum Gasteiger partial charge on any atom is 0.326 e. The van der Waals surface area contributed by atoms with Crippen LogP contribution in [-0.2, 0) is 16.1 Å². The standard InChI is InChI=1S/C16H27N3O2/c1-16(18,9-12-19-11-6-5-10-17)15(20)21-13-14-7-3-2-4-8-14/h2-4,7-8,19H,5-6,9-13,17-18H2,1H3. The van der Waals surface area contributed by atoms with Gasteiger partial charge in [0.05, 0.1) is 0 Å². The van der Waals surface area contributed by atoms with E-state index >= 15 is 0 Å². The Labute approximate surface area is 127 Å². The van der Waals surface area contributed by atoms with Crippen molar-refractivity contribution < 1.29 is 9.53 Å². The molecule has 1 unspecified atom stereocenters. The molecule has 1 aromatic carbocycles. The van der Waals surface area contributed by atoms with Crippen LogP contribution >= 0.6 is 0 Å². The summed E-state index contributed by atoms with van der Waals surface area (Å²) in [5.74, 6) is -0.366. The lowest BCUT2D eigenvalue weighted by molar-refractivity contribution is -0.151. The third kappa shape index (κ3) is 7.22. The van der Waals surface area contributed by atoms with E-state index in [-0.39, 0.29) is 12.6 Å². The number of esters is 1. The van der Waals surface area contributed by atoms with E-state index < -0.39 is 5.54 Å². The van der Waals surface area contributed by atoms with Gasteiger partial charge in [0.25, 0.3) is 0 Å². The van der Waals surface area contributed by atoms with Gasteiger partial charge in [-0.2, -0.15) is 0 Å². The Balaban J connectivity index is 2.24. The third-order valence-corrected chi connectivity index (χ3v) is 3.31. The van der Waals surface area contributed by atoms with E-state index in [1.807, 2.05) is 30.3 Å². The summed E-state index contributed by atoms with van der Waals surface area (Å²) >= 11 is 0. The monoisotopic (exact) mass is 293 g/mol. The molecule has 1 rings (SSSR count). The Morgan fingerprint density at radius 2 is 1.95 bits per heavy atom. The van der Waals surface area contributed by atoms with E-state index in [1.54, 1.807) is 6.92 Å². The zero-order valence-corrected chi connectivity index (χ0v) is 12.8. The number of hydrogen-bond acceptors (Lipinski definition) is 5. The quantitative estimate of drug-likeness (QED) is 0.445. The number of carbonyl (C=O) groups excluding carboxylic acids is 1. The molecule has 0 saturated heterocycles. The van der Waals surface area contributed by atoms with Crippen LogP contribution in [0.2, 0.25) is 0 Å². The Bertz CT molecular complexity index is 407. The van der Waals surface area contributed by atoms with Gasteiger partial charge in [0.1, 0.15) is 12.1 Å². The molecule has 118 valence electrons.